The summed E-state index contributed by atoms with van der Waals surface area (Å²) in [5.74, 6) is -0.710. The number of hydrogen-bond acceptors (Lipinski definition) is 5. The van der Waals surface area contributed by atoms with E-state index in [1.807, 2.05) is 74.5 Å². The number of carbonyl (C=O) groups excluding carboxylic acids is 4. The molecule has 9 heteroatoms. The molecule has 0 spiro atoms. The third-order valence-electron chi connectivity index (χ3n) is 8.12. The lowest BCUT2D eigenvalue weighted by Crippen LogP contribution is -2.62. The second-order valence-corrected chi connectivity index (χ2v) is 11.6. The van der Waals surface area contributed by atoms with Crippen LogP contribution in [0.5, 0.6) is 0 Å². The normalized spacial score (nSPS) is 21.7. The summed E-state index contributed by atoms with van der Waals surface area (Å²) in [5.41, 5.74) is 1.90. The van der Waals surface area contributed by atoms with Gasteiger partial charge < -0.3 is 25.8 Å². The predicted octanol–water partition coefficient (Wildman–Crippen LogP) is 2.62. The van der Waals surface area contributed by atoms with Gasteiger partial charge in [0.15, 0.2) is 0 Å². The van der Waals surface area contributed by atoms with Gasteiger partial charge in [-0.1, -0.05) is 74.5 Å². The second kappa shape index (κ2) is 13.8. The first-order valence-electron chi connectivity index (χ1n) is 14.7. The van der Waals surface area contributed by atoms with Crippen LogP contribution in [0.3, 0.4) is 0 Å². The Morgan fingerprint density at radius 1 is 0.902 bits per heavy atom. The van der Waals surface area contributed by atoms with E-state index in [4.69, 9.17) is 0 Å². The van der Waals surface area contributed by atoms with Crippen LogP contribution >= 0.6 is 0 Å². The van der Waals surface area contributed by atoms with Crippen LogP contribution in [0, 0.1) is 5.92 Å². The van der Waals surface area contributed by atoms with E-state index < -0.39 is 18.1 Å². The zero-order chi connectivity index (χ0) is 29.5. The lowest BCUT2D eigenvalue weighted by atomic mass is 9.98. The summed E-state index contributed by atoms with van der Waals surface area (Å²) in [5, 5.41) is 8.99. The predicted molar refractivity (Wildman–Crippen MR) is 158 cm³/mol. The van der Waals surface area contributed by atoms with Crippen LogP contribution in [-0.4, -0.2) is 77.7 Å². The van der Waals surface area contributed by atoms with E-state index in [9.17, 15) is 19.2 Å². The molecule has 0 aliphatic carbocycles. The number of amides is 4. The van der Waals surface area contributed by atoms with Gasteiger partial charge in [0.05, 0.1) is 12.1 Å². The fourth-order valence-corrected chi connectivity index (χ4v) is 5.76. The number of rotatable bonds is 9. The van der Waals surface area contributed by atoms with Crippen molar-refractivity contribution in [1.82, 2.24) is 25.8 Å². The standard InChI is InChI=1S/C32H43N5O4/c1-21(2)19-28(38)36-18-17-25-15-16-27(37(25)32(41)26(20-36)34-30(39)22(3)33-4)31(40)35-29(23-11-7-5-8-12-23)24-13-9-6-10-14-24/h5-14,21-22,25-27,29,33H,15-20H2,1-4H3,(H,34,39)(H,35,40)/t22-,25+,26-,27?/m0/s1. The monoisotopic (exact) mass is 561 g/mol. The Morgan fingerprint density at radius 3 is 2.07 bits per heavy atom. The Morgan fingerprint density at radius 2 is 1.51 bits per heavy atom. The van der Waals surface area contributed by atoms with Gasteiger partial charge in [-0.2, -0.15) is 0 Å². The van der Waals surface area contributed by atoms with Crippen molar-refractivity contribution in [2.24, 2.45) is 5.92 Å². The van der Waals surface area contributed by atoms with Crippen LogP contribution in [0.1, 0.15) is 63.6 Å². The molecular formula is C32H43N5O4. The topological polar surface area (TPSA) is 111 Å². The first-order valence-corrected chi connectivity index (χ1v) is 14.7. The molecule has 41 heavy (non-hydrogen) atoms. The molecule has 2 aromatic carbocycles. The molecule has 220 valence electrons. The van der Waals surface area contributed by atoms with Gasteiger partial charge in [0.25, 0.3) is 0 Å². The molecule has 2 fully saturated rings. The van der Waals surface area contributed by atoms with Gasteiger partial charge in [0.2, 0.25) is 23.6 Å². The Balaban J connectivity index is 1.60. The highest BCUT2D eigenvalue weighted by molar-refractivity contribution is 5.94. The van der Waals surface area contributed by atoms with Gasteiger partial charge in [-0.15, -0.1) is 0 Å². The first-order chi connectivity index (χ1) is 19.7. The van der Waals surface area contributed by atoms with Gasteiger partial charge in [-0.3, -0.25) is 19.2 Å². The molecule has 0 saturated carbocycles. The van der Waals surface area contributed by atoms with Gasteiger partial charge in [-0.05, 0) is 50.3 Å². The number of nitrogens with zero attached hydrogens (tertiary/aromatic N) is 2. The summed E-state index contributed by atoms with van der Waals surface area (Å²) in [6.45, 7) is 6.24. The molecule has 2 aromatic rings. The number of carbonyl (C=O) groups is 4. The number of hydrogen-bond donors (Lipinski definition) is 3. The summed E-state index contributed by atoms with van der Waals surface area (Å²) >= 11 is 0. The molecule has 2 aliphatic heterocycles. The van der Waals surface area contributed by atoms with Crippen molar-refractivity contribution < 1.29 is 19.2 Å². The second-order valence-electron chi connectivity index (χ2n) is 11.6. The van der Waals surface area contributed by atoms with E-state index in [1.54, 1.807) is 23.8 Å². The summed E-state index contributed by atoms with van der Waals surface area (Å²) < 4.78 is 0. The minimum absolute atomic E-state index is 0.0250. The van der Waals surface area contributed by atoms with Gasteiger partial charge in [0.1, 0.15) is 12.1 Å². The van der Waals surface area contributed by atoms with Gasteiger partial charge in [-0.25, -0.2) is 0 Å². The third kappa shape index (κ3) is 7.33. The van der Waals surface area contributed by atoms with Crippen LogP contribution in [0.25, 0.3) is 0 Å². The van der Waals surface area contributed by atoms with Crippen LogP contribution in [0.15, 0.2) is 60.7 Å². The van der Waals surface area contributed by atoms with Crippen LogP contribution in [0.4, 0.5) is 0 Å². The Labute approximate surface area is 243 Å². The van der Waals surface area contributed by atoms with E-state index in [-0.39, 0.29) is 48.2 Å². The Kier molecular flexibility index (Phi) is 10.2. The zero-order valence-electron chi connectivity index (χ0n) is 24.5. The van der Waals surface area contributed by atoms with Crippen LogP contribution in [-0.2, 0) is 19.2 Å². The molecule has 0 bridgehead atoms. The maximum atomic E-state index is 14.1. The number of benzene rings is 2. The van der Waals surface area contributed by atoms with Gasteiger partial charge in [0, 0.05) is 25.6 Å². The maximum absolute atomic E-state index is 14.1. The minimum atomic E-state index is -0.940. The summed E-state index contributed by atoms with van der Waals surface area (Å²) in [6.07, 6.45) is 2.15. The van der Waals surface area contributed by atoms with E-state index in [2.05, 4.69) is 16.0 Å². The van der Waals surface area contributed by atoms with Crippen molar-refractivity contribution in [3.8, 4) is 0 Å². The lowest BCUT2D eigenvalue weighted by Gasteiger charge is -2.39. The summed E-state index contributed by atoms with van der Waals surface area (Å²) in [7, 11) is 1.68. The van der Waals surface area contributed by atoms with Crippen molar-refractivity contribution in [3.63, 3.8) is 0 Å². The molecule has 3 N–H and O–H groups in total. The molecule has 4 rings (SSSR count). The summed E-state index contributed by atoms with van der Waals surface area (Å²) in [4.78, 5) is 57.4. The fourth-order valence-electron chi connectivity index (χ4n) is 5.76. The van der Waals surface area contributed by atoms with E-state index in [0.717, 1.165) is 11.1 Å². The van der Waals surface area contributed by atoms with Crippen molar-refractivity contribution in [3.05, 3.63) is 71.8 Å². The molecule has 9 nitrogen and oxygen atoms in total. The van der Waals surface area contributed by atoms with E-state index in [1.165, 1.54) is 0 Å². The van der Waals surface area contributed by atoms with Crippen molar-refractivity contribution in [2.75, 3.05) is 20.1 Å². The highest BCUT2D eigenvalue weighted by Crippen LogP contribution is 2.31. The molecule has 2 heterocycles. The van der Waals surface area contributed by atoms with Crippen molar-refractivity contribution in [1.29, 1.82) is 0 Å². The summed E-state index contributed by atoms with van der Waals surface area (Å²) in [6, 6.07) is 16.9. The highest BCUT2D eigenvalue weighted by Gasteiger charge is 2.46. The Bertz CT molecular complexity index is 1170. The smallest absolute Gasteiger partial charge is 0.247 e. The molecule has 1 unspecified atom stereocenters. The Hall–Kier alpha value is -3.72. The molecule has 0 radical (unpaired) electrons. The zero-order valence-corrected chi connectivity index (χ0v) is 24.5. The number of fused-ring (bicyclic) bond motifs is 1. The molecule has 4 atom stereocenters. The fraction of sp³-hybridized carbons (Fsp3) is 0.500. The number of likely N-dealkylation sites (N-methyl/N-ethyl adjacent to an activating group) is 1. The van der Waals surface area contributed by atoms with Crippen molar-refractivity contribution >= 4 is 23.6 Å². The molecule has 2 aliphatic rings. The largest absolute Gasteiger partial charge is 0.343 e. The van der Waals surface area contributed by atoms with Crippen molar-refractivity contribution in [2.45, 2.75) is 76.7 Å². The first kappa shape index (κ1) is 30.2. The van der Waals surface area contributed by atoms with Crippen LogP contribution in [0.2, 0.25) is 0 Å². The van der Waals surface area contributed by atoms with E-state index in [0.29, 0.717) is 32.2 Å². The molecule has 4 amide bonds. The van der Waals surface area contributed by atoms with Crippen LogP contribution < -0.4 is 16.0 Å². The average molecular weight is 562 g/mol. The number of nitrogens with one attached hydrogen (secondary N) is 3. The van der Waals surface area contributed by atoms with E-state index >= 15 is 0 Å². The molecular weight excluding hydrogens is 518 g/mol. The molecule has 2 saturated heterocycles. The minimum Gasteiger partial charge on any atom is -0.343 e. The van der Waals surface area contributed by atoms with Gasteiger partial charge >= 0.3 is 0 Å². The molecule has 0 aromatic heterocycles. The third-order valence-corrected chi connectivity index (χ3v) is 8.12. The maximum Gasteiger partial charge on any atom is 0.247 e. The average Bonchev–Trinajstić information content (AvgIpc) is 3.39. The lowest BCUT2D eigenvalue weighted by molar-refractivity contribution is -0.147. The SMILES string of the molecule is CN[C@@H](C)C(=O)N[C@H]1CN(C(=O)CC(C)C)CC[C@H]2CCC(C(=O)NC(c3ccccc3)c3ccccc3)N2C1=O. The highest BCUT2D eigenvalue weighted by atomic mass is 16.2. The quantitative estimate of drug-likeness (QED) is 0.436.